The highest BCUT2D eigenvalue weighted by Gasteiger charge is 2.08. The quantitative estimate of drug-likeness (QED) is 0.214. The van der Waals surface area contributed by atoms with Gasteiger partial charge >= 0.3 is 0 Å². The highest BCUT2D eigenvalue weighted by atomic mass is 16.5. The lowest BCUT2D eigenvalue weighted by Gasteiger charge is -2.10. The maximum Gasteiger partial charge on any atom is 0.250 e. The average Bonchev–Trinajstić information content (AvgIpc) is 2.82. The first-order valence-corrected chi connectivity index (χ1v) is 10.3. The van der Waals surface area contributed by atoms with E-state index in [2.05, 4.69) is 36.1 Å². The lowest BCUT2D eigenvalue weighted by atomic mass is 10.2. The molecule has 0 aliphatic heterocycles. The largest absolute Gasteiger partial charge is 0.504 e. The van der Waals surface area contributed by atoms with Gasteiger partial charge in [0.25, 0.3) is 0 Å². The SMILES string of the molecule is CCOc1ccc(/C=N/Nc2nc(Nc3ccccc3)nc(Nc3ccccc3)n2)cc1O. The lowest BCUT2D eigenvalue weighted by Crippen LogP contribution is -2.07. The number of ether oxygens (including phenoxy) is 1. The summed E-state index contributed by atoms with van der Waals surface area (Å²) in [5.74, 6) is 1.42. The van der Waals surface area contributed by atoms with Crippen LogP contribution in [-0.4, -0.2) is 32.9 Å². The van der Waals surface area contributed by atoms with Crippen molar-refractivity contribution < 1.29 is 9.84 Å². The molecule has 0 amide bonds. The molecular weight excluding hydrogens is 418 g/mol. The molecule has 1 heterocycles. The number of hydrogen-bond acceptors (Lipinski definition) is 9. The average molecular weight is 441 g/mol. The summed E-state index contributed by atoms with van der Waals surface area (Å²) in [5.41, 5.74) is 5.18. The predicted molar refractivity (Wildman–Crippen MR) is 130 cm³/mol. The van der Waals surface area contributed by atoms with Gasteiger partial charge in [-0.05, 0) is 55.0 Å². The van der Waals surface area contributed by atoms with Gasteiger partial charge in [0, 0.05) is 11.4 Å². The molecule has 0 spiro atoms. The Balaban J connectivity index is 1.54. The fraction of sp³-hybridized carbons (Fsp3) is 0.0833. The summed E-state index contributed by atoms with van der Waals surface area (Å²) in [5, 5.41) is 20.6. The molecule has 0 unspecified atom stereocenters. The second-order valence-corrected chi connectivity index (χ2v) is 6.82. The highest BCUT2D eigenvalue weighted by Crippen LogP contribution is 2.26. The van der Waals surface area contributed by atoms with E-state index in [0.717, 1.165) is 11.4 Å². The second-order valence-electron chi connectivity index (χ2n) is 6.82. The van der Waals surface area contributed by atoms with Gasteiger partial charge in [-0.3, -0.25) is 0 Å². The molecular formula is C24H23N7O2. The van der Waals surface area contributed by atoms with E-state index in [9.17, 15) is 5.11 Å². The topological polar surface area (TPSA) is 117 Å². The number of hydrogen-bond donors (Lipinski definition) is 4. The molecule has 0 aliphatic carbocycles. The van der Waals surface area contributed by atoms with Gasteiger partial charge in [0.15, 0.2) is 11.5 Å². The van der Waals surface area contributed by atoms with Crippen LogP contribution < -0.4 is 20.8 Å². The lowest BCUT2D eigenvalue weighted by molar-refractivity contribution is 0.318. The van der Waals surface area contributed by atoms with E-state index in [1.807, 2.05) is 67.6 Å². The van der Waals surface area contributed by atoms with Crippen LogP contribution >= 0.6 is 0 Å². The summed E-state index contributed by atoms with van der Waals surface area (Å²) in [6.07, 6.45) is 1.55. The minimum Gasteiger partial charge on any atom is -0.504 e. The van der Waals surface area contributed by atoms with E-state index in [0.29, 0.717) is 29.8 Å². The Bertz CT molecular complexity index is 1160. The zero-order valence-electron chi connectivity index (χ0n) is 17.9. The van der Waals surface area contributed by atoms with Crippen LogP contribution in [0.2, 0.25) is 0 Å². The number of para-hydroxylation sites is 2. The van der Waals surface area contributed by atoms with Crippen LogP contribution in [0.25, 0.3) is 0 Å². The van der Waals surface area contributed by atoms with Crippen molar-refractivity contribution in [3.8, 4) is 11.5 Å². The van der Waals surface area contributed by atoms with E-state index in [-0.39, 0.29) is 11.7 Å². The van der Waals surface area contributed by atoms with Crippen LogP contribution in [0.3, 0.4) is 0 Å². The number of nitrogens with zero attached hydrogens (tertiary/aromatic N) is 4. The van der Waals surface area contributed by atoms with Crippen molar-refractivity contribution in [3.05, 3.63) is 84.4 Å². The molecule has 0 aliphatic rings. The molecule has 166 valence electrons. The van der Waals surface area contributed by atoms with E-state index < -0.39 is 0 Å². The second kappa shape index (κ2) is 10.6. The molecule has 0 atom stereocenters. The Morgan fingerprint density at radius 3 is 1.94 bits per heavy atom. The van der Waals surface area contributed by atoms with Crippen molar-refractivity contribution in [3.63, 3.8) is 0 Å². The number of phenolic OH excluding ortho intramolecular Hbond substituents is 1. The minimum absolute atomic E-state index is 0.0460. The zero-order chi connectivity index (χ0) is 22.9. The molecule has 0 fully saturated rings. The smallest absolute Gasteiger partial charge is 0.250 e. The standard InChI is InChI=1S/C24H23N7O2/c1-2-33-21-14-13-17(15-20(21)32)16-25-31-24-29-22(26-18-9-5-3-6-10-18)28-23(30-24)27-19-11-7-4-8-12-19/h3-16,32H,2H2,1H3,(H3,26,27,28,29,30,31)/b25-16+. The molecule has 4 aromatic rings. The molecule has 1 aromatic heterocycles. The number of rotatable bonds is 9. The third-order valence-electron chi connectivity index (χ3n) is 4.36. The van der Waals surface area contributed by atoms with Crippen molar-refractivity contribution in [2.45, 2.75) is 6.92 Å². The number of anilines is 5. The molecule has 0 bridgehead atoms. The van der Waals surface area contributed by atoms with Crippen LogP contribution in [0.1, 0.15) is 12.5 Å². The third kappa shape index (κ3) is 6.17. The van der Waals surface area contributed by atoms with Gasteiger partial charge in [0.2, 0.25) is 17.8 Å². The van der Waals surface area contributed by atoms with Crippen molar-refractivity contribution in [1.29, 1.82) is 0 Å². The molecule has 0 radical (unpaired) electrons. The maximum atomic E-state index is 10.0. The van der Waals surface area contributed by atoms with Gasteiger partial charge in [-0.1, -0.05) is 36.4 Å². The van der Waals surface area contributed by atoms with Gasteiger partial charge in [0.05, 0.1) is 12.8 Å². The summed E-state index contributed by atoms with van der Waals surface area (Å²) in [6, 6.07) is 24.2. The first kappa shape index (κ1) is 21.6. The Morgan fingerprint density at radius 1 is 0.818 bits per heavy atom. The van der Waals surface area contributed by atoms with Crippen molar-refractivity contribution in [1.82, 2.24) is 15.0 Å². The zero-order valence-corrected chi connectivity index (χ0v) is 17.9. The number of phenols is 1. The van der Waals surface area contributed by atoms with Crippen LogP contribution in [0.5, 0.6) is 11.5 Å². The number of benzene rings is 3. The number of nitrogens with one attached hydrogen (secondary N) is 3. The molecule has 0 saturated heterocycles. The fourth-order valence-corrected chi connectivity index (χ4v) is 2.90. The Hall–Kier alpha value is -4.66. The summed E-state index contributed by atoms with van der Waals surface area (Å²) in [7, 11) is 0. The van der Waals surface area contributed by atoms with E-state index >= 15 is 0 Å². The maximum absolute atomic E-state index is 10.0. The Labute approximate surface area is 191 Å². The Kier molecular flexibility index (Phi) is 6.92. The van der Waals surface area contributed by atoms with Gasteiger partial charge in [-0.15, -0.1) is 0 Å². The normalized spacial score (nSPS) is 10.7. The molecule has 0 saturated carbocycles. The number of hydrazone groups is 1. The first-order valence-electron chi connectivity index (χ1n) is 10.3. The minimum atomic E-state index is 0.0460. The van der Waals surface area contributed by atoms with Crippen molar-refractivity contribution >= 4 is 35.4 Å². The fourth-order valence-electron chi connectivity index (χ4n) is 2.90. The summed E-state index contributed by atoms with van der Waals surface area (Å²) < 4.78 is 5.34. The third-order valence-corrected chi connectivity index (χ3v) is 4.36. The highest BCUT2D eigenvalue weighted by molar-refractivity contribution is 5.81. The number of aromatic nitrogens is 3. The van der Waals surface area contributed by atoms with Crippen LogP contribution in [-0.2, 0) is 0 Å². The van der Waals surface area contributed by atoms with E-state index in [4.69, 9.17) is 4.74 Å². The van der Waals surface area contributed by atoms with Gasteiger partial charge < -0.3 is 20.5 Å². The van der Waals surface area contributed by atoms with E-state index in [1.165, 1.54) is 0 Å². The molecule has 4 N–H and O–H groups in total. The van der Waals surface area contributed by atoms with Crippen LogP contribution in [0, 0.1) is 0 Å². The van der Waals surface area contributed by atoms with Crippen LogP contribution in [0.15, 0.2) is 84.0 Å². The molecule has 9 heteroatoms. The number of aromatic hydroxyl groups is 1. The molecule has 33 heavy (non-hydrogen) atoms. The van der Waals surface area contributed by atoms with Gasteiger partial charge in [0.1, 0.15) is 0 Å². The van der Waals surface area contributed by atoms with Crippen molar-refractivity contribution in [2.75, 3.05) is 22.7 Å². The van der Waals surface area contributed by atoms with E-state index in [1.54, 1.807) is 24.4 Å². The van der Waals surface area contributed by atoms with Crippen molar-refractivity contribution in [2.24, 2.45) is 5.10 Å². The van der Waals surface area contributed by atoms with Gasteiger partial charge in [-0.25, -0.2) is 5.43 Å². The monoisotopic (exact) mass is 441 g/mol. The summed E-state index contributed by atoms with van der Waals surface area (Å²) in [4.78, 5) is 13.2. The molecule has 4 rings (SSSR count). The van der Waals surface area contributed by atoms with Gasteiger partial charge in [-0.2, -0.15) is 20.1 Å². The molecule has 9 nitrogen and oxygen atoms in total. The van der Waals surface area contributed by atoms with Crippen LogP contribution in [0.4, 0.5) is 29.2 Å². The summed E-state index contributed by atoms with van der Waals surface area (Å²) >= 11 is 0. The predicted octanol–water partition coefficient (Wildman–Crippen LogP) is 4.91. The Morgan fingerprint density at radius 2 is 1.39 bits per heavy atom. The first-order chi connectivity index (χ1) is 16.2. The molecule has 3 aromatic carbocycles. The summed E-state index contributed by atoms with van der Waals surface area (Å²) in [6.45, 7) is 2.33.